The van der Waals surface area contributed by atoms with Crippen LogP contribution in [-0.4, -0.2) is 4.21 Å². The van der Waals surface area contributed by atoms with Gasteiger partial charge in [0.05, 0.1) is 0 Å². The van der Waals surface area contributed by atoms with Crippen LogP contribution in [0.2, 0.25) is 0 Å². The summed E-state index contributed by atoms with van der Waals surface area (Å²) >= 11 is -1.69. The molecule has 0 bridgehead atoms. The van der Waals surface area contributed by atoms with Crippen molar-refractivity contribution in [1.29, 1.82) is 0 Å². The molecule has 0 saturated heterocycles. The largest absolute Gasteiger partial charge is 1.00 e. The first-order valence-electron chi connectivity index (χ1n) is 5.92. The van der Waals surface area contributed by atoms with Crippen LogP contribution >= 0.6 is 0 Å². The molecule has 0 N–H and O–H groups in total. The summed E-state index contributed by atoms with van der Waals surface area (Å²) in [6.45, 7) is 9.00. The summed E-state index contributed by atoms with van der Waals surface area (Å²) in [6.07, 6.45) is 7.19. The summed E-state index contributed by atoms with van der Waals surface area (Å²) in [5.74, 6) is 0. The summed E-state index contributed by atoms with van der Waals surface area (Å²) in [4.78, 5) is 0. The van der Waals surface area contributed by atoms with Crippen LogP contribution in [0.4, 0.5) is 0 Å². The Hall–Kier alpha value is 0.293. The van der Waals surface area contributed by atoms with Gasteiger partial charge in [-0.15, -0.1) is 0 Å². The van der Waals surface area contributed by atoms with Crippen LogP contribution in [0.15, 0.2) is 41.0 Å². The Bertz CT molecular complexity index is 491. The summed E-state index contributed by atoms with van der Waals surface area (Å²) in [5.41, 5.74) is 6.08. The quantitative estimate of drug-likeness (QED) is 0.549. The summed E-state index contributed by atoms with van der Waals surface area (Å²) < 4.78 is 7.97. The van der Waals surface area contributed by atoms with E-state index in [1.54, 1.807) is 12.1 Å². The van der Waals surface area contributed by atoms with Crippen molar-refractivity contribution < 1.29 is 46.1 Å². The van der Waals surface area contributed by atoms with Crippen LogP contribution in [0, 0.1) is 0 Å². The fourth-order valence-corrected chi connectivity index (χ4v) is 8.17. The standard InChI is InChI=1S/2C7H9.CH2.2ClH.Zr/c1-6-3-4-7(2)5-6;1-6-4-3-5-7(6)2;;;;/h5H,3H2,1-2H3;4H,5H2,1-2H3;1H2;2*1H;/q;;;;;+2/p-2. The van der Waals surface area contributed by atoms with Crippen molar-refractivity contribution in [3.63, 3.8) is 0 Å². The van der Waals surface area contributed by atoms with E-state index in [-0.39, 0.29) is 24.8 Å². The maximum Gasteiger partial charge on any atom is -1.00 e. The minimum absolute atomic E-state index is 0. The molecular formula is C15H20Cl2Zr. The van der Waals surface area contributed by atoms with Gasteiger partial charge in [-0.2, -0.15) is 0 Å². The molecule has 0 nitrogen and oxygen atoms in total. The number of halogens is 2. The average molecular weight is 362 g/mol. The third-order valence-corrected chi connectivity index (χ3v) is 9.56. The van der Waals surface area contributed by atoms with Crippen LogP contribution in [0.1, 0.15) is 40.5 Å². The molecule has 0 aromatic rings. The first-order chi connectivity index (χ1) is 7.49. The Balaban J connectivity index is 0.00000144. The van der Waals surface area contributed by atoms with Crippen LogP contribution in [0.25, 0.3) is 0 Å². The normalized spacial score (nSPS) is 17.7. The molecule has 0 aliphatic heterocycles. The smallest absolute Gasteiger partial charge is 1.00 e. The van der Waals surface area contributed by atoms with Gasteiger partial charge in [0.25, 0.3) is 0 Å². The van der Waals surface area contributed by atoms with E-state index in [2.05, 4.69) is 44.1 Å². The van der Waals surface area contributed by atoms with Crippen LogP contribution in [0.3, 0.4) is 0 Å². The Morgan fingerprint density at radius 1 is 0.944 bits per heavy atom. The van der Waals surface area contributed by atoms with Crippen molar-refractivity contribution in [3.05, 3.63) is 41.0 Å². The molecular weight excluding hydrogens is 342 g/mol. The first-order valence-corrected chi connectivity index (χ1v) is 10.1. The molecule has 2 aliphatic carbocycles. The summed E-state index contributed by atoms with van der Waals surface area (Å²) in [6, 6.07) is 0. The topological polar surface area (TPSA) is 0 Å². The number of hydrogen-bond donors (Lipinski definition) is 0. The zero-order valence-corrected chi connectivity index (χ0v) is 15.5. The number of rotatable bonds is 2. The molecule has 2 rings (SSSR count). The van der Waals surface area contributed by atoms with Crippen molar-refractivity contribution in [2.75, 3.05) is 0 Å². The monoisotopic (exact) mass is 360 g/mol. The maximum atomic E-state index is 4.57. The van der Waals surface area contributed by atoms with E-state index < -0.39 is 21.3 Å². The predicted molar refractivity (Wildman–Crippen MR) is 69.3 cm³/mol. The molecule has 0 heterocycles. The Kier molecular flexibility index (Phi) is 7.29. The second-order valence-electron chi connectivity index (χ2n) is 5.12. The van der Waals surface area contributed by atoms with Gasteiger partial charge in [0.1, 0.15) is 0 Å². The second kappa shape index (κ2) is 7.18. The molecule has 0 unspecified atom stereocenters. The molecule has 0 fully saturated rings. The second-order valence-corrected chi connectivity index (χ2v) is 10.5. The van der Waals surface area contributed by atoms with Gasteiger partial charge in [0.2, 0.25) is 0 Å². The van der Waals surface area contributed by atoms with Crippen LogP contribution < -0.4 is 24.8 Å². The molecule has 0 atom stereocenters. The van der Waals surface area contributed by atoms with E-state index in [1.165, 1.54) is 29.6 Å². The molecule has 0 radical (unpaired) electrons. The third kappa shape index (κ3) is 3.65. The summed E-state index contributed by atoms with van der Waals surface area (Å²) in [5, 5.41) is 0. The molecule has 98 valence electrons. The van der Waals surface area contributed by atoms with Gasteiger partial charge in [-0.1, -0.05) is 0 Å². The van der Waals surface area contributed by atoms with Crippen molar-refractivity contribution in [2.45, 2.75) is 40.5 Å². The van der Waals surface area contributed by atoms with Gasteiger partial charge in [-0.3, -0.25) is 0 Å². The molecule has 0 spiro atoms. The fourth-order valence-electron chi connectivity index (χ4n) is 2.52. The van der Waals surface area contributed by atoms with Crippen molar-refractivity contribution >= 4 is 4.21 Å². The van der Waals surface area contributed by atoms with E-state index in [1.807, 2.05) is 0 Å². The van der Waals surface area contributed by atoms with Gasteiger partial charge >= 0.3 is 107 Å². The van der Waals surface area contributed by atoms with E-state index >= 15 is 0 Å². The molecule has 0 saturated carbocycles. The Labute approximate surface area is 131 Å². The Morgan fingerprint density at radius 3 is 1.94 bits per heavy atom. The minimum Gasteiger partial charge on any atom is -1.00 e. The first kappa shape index (κ1) is 18.3. The van der Waals surface area contributed by atoms with E-state index in [9.17, 15) is 0 Å². The molecule has 18 heavy (non-hydrogen) atoms. The maximum absolute atomic E-state index is 4.57. The predicted octanol–water partition coefficient (Wildman–Crippen LogP) is -1.71. The van der Waals surface area contributed by atoms with Gasteiger partial charge in [-0.25, -0.2) is 0 Å². The molecule has 0 amide bonds. The molecule has 2 aliphatic rings. The van der Waals surface area contributed by atoms with Gasteiger partial charge < -0.3 is 24.8 Å². The van der Waals surface area contributed by atoms with Gasteiger partial charge in [0.15, 0.2) is 0 Å². The summed E-state index contributed by atoms with van der Waals surface area (Å²) in [7, 11) is 0. The van der Waals surface area contributed by atoms with Crippen molar-refractivity contribution in [2.24, 2.45) is 0 Å². The van der Waals surface area contributed by atoms with E-state index in [0.29, 0.717) is 0 Å². The number of hydrogen-bond acceptors (Lipinski definition) is 0. The zero-order valence-electron chi connectivity index (χ0n) is 11.5. The minimum atomic E-state index is -1.69. The Morgan fingerprint density at radius 2 is 1.56 bits per heavy atom. The van der Waals surface area contributed by atoms with Crippen molar-refractivity contribution in [3.8, 4) is 0 Å². The fraction of sp³-hybridized carbons (Fsp3) is 0.400. The van der Waals surface area contributed by atoms with Crippen molar-refractivity contribution in [1.82, 2.24) is 0 Å². The van der Waals surface area contributed by atoms with Gasteiger partial charge in [-0.05, 0) is 0 Å². The van der Waals surface area contributed by atoms with Crippen LogP contribution in [0.5, 0.6) is 0 Å². The zero-order chi connectivity index (χ0) is 11.9. The van der Waals surface area contributed by atoms with E-state index in [4.69, 9.17) is 0 Å². The molecule has 3 heteroatoms. The molecule has 0 aromatic carbocycles. The average Bonchev–Trinajstić information content (AvgIpc) is 2.70. The van der Waals surface area contributed by atoms with Gasteiger partial charge in [0, 0.05) is 0 Å². The molecule has 0 aromatic heterocycles. The SMILES string of the molecule is [CH2]=[Zr+2]([C]1=CC(C)=C(C)C1)[C]1=C(C)C=C(C)C1.[Cl-].[Cl-]. The van der Waals surface area contributed by atoms with Crippen LogP contribution in [-0.2, 0) is 21.3 Å². The third-order valence-electron chi connectivity index (χ3n) is 3.67. The number of allylic oxidation sites excluding steroid dienone is 8. The van der Waals surface area contributed by atoms with E-state index in [0.717, 1.165) is 0 Å².